The Labute approximate surface area is 217 Å². The van der Waals surface area contributed by atoms with Crippen molar-refractivity contribution in [2.24, 2.45) is 5.73 Å². The van der Waals surface area contributed by atoms with Gasteiger partial charge in [-0.2, -0.15) is 30.2 Å². The molecule has 0 aliphatic carbocycles. The third-order valence-electron chi connectivity index (χ3n) is 6.14. The molecule has 1 aliphatic rings. The maximum Gasteiger partial charge on any atom is 0.433 e. The second kappa shape index (κ2) is 10.1. The number of carbonyl (C=O) groups excluding carboxylic acids is 1. The Balaban J connectivity index is 1.71. The van der Waals surface area contributed by atoms with Gasteiger partial charge in [-0.05, 0) is 31.2 Å². The predicted molar refractivity (Wildman–Crippen MR) is 131 cm³/mol. The Kier molecular flexibility index (Phi) is 7.40. The number of carbonyl (C=O) groups is 1. The molecule has 1 amide bonds. The first kappa shape index (κ1) is 27.8. The molecule has 0 spiro atoms. The quantitative estimate of drug-likeness (QED) is 0.489. The number of hydrogen-bond acceptors (Lipinski definition) is 8. The number of methoxy groups -OCH3 is 1. The number of rotatable bonds is 6. The number of oxazole rings is 1. The average Bonchev–Trinajstić information content (AvgIpc) is 3.32. The summed E-state index contributed by atoms with van der Waals surface area (Å²) in [6.07, 6.45) is -4.66. The molecule has 15 heteroatoms. The maximum absolute atomic E-state index is 13.4. The van der Waals surface area contributed by atoms with E-state index in [2.05, 4.69) is 9.97 Å². The van der Waals surface area contributed by atoms with Crippen LogP contribution in [0.15, 0.2) is 28.7 Å². The minimum atomic E-state index is -4.66. The molecule has 2 N–H and O–H groups in total. The van der Waals surface area contributed by atoms with Gasteiger partial charge in [-0.3, -0.25) is 4.79 Å². The molecule has 2 aromatic heterocycles. The van der Waals surface area contributed by atoms with Gasteiger partial charge in [0.25, 0.3) is 16.1 Å². The first-order valence-corrected chi connectivity index (χ1v) is 12.9. The molecule has 1 aromatic carbocycles. The average molecular weight is 557 g/mol. The van der Waals surface area contributed by atoms with Crippen molar-refractivity contribution in [3.05, 3.63) is 41.4 Å². The third kappa shape index (κ3) is 5.06. The van der Waals surface area contributed by atoms with Crippen LogP contribution in [-0.4, -0.2) is 85.2 Å². The number of nitrogens with zero attached hydrogens (tertiary/aromatic N) is 5. The second-order valence-electron chi connectivity index (χ2n) is 8.91. The number of piperazine rings is 1. The molecule has 38 heavy (non-hydrogen) atoms. The SMILES string of the molecule is COc1ccc(-c2nc(C(=O)N3CCN(S(=O)(=O)N(C)C)CC3)c([C@H](C)N)o2)c2ccc(C(F)(F)F)nc12. The molecule has 1 atom stereocenters. The molecule has 11 nitrogen and oxygen atoms in total. The van der Waals surface area contributed by atoms with Crippen molar-refractivity contribution in [1.82, 2.24) is 23.5 Å². The lowest BCUT2D eigenvalue weighted by atomic mass is 10.1. The van der Waals surface area contributed by atoms with Crippen molar-refractivity contribution >= 4 is 27.0 Å². The number of nitrogens with two attached hydrogens (primary N) is 1. The summed E-state index contributed by atoms with van der Waals surface area (Å²) >= 11 is 0. The highest BCUT2D eigenvalue weighted by molar-refractivity contribution is 7.86. The second-order valence-corrected chi connectivity index (χ2v) is 11.1. The summed E-state index contributed by atoms with van der Waals surface area (Å²) in [6, 6.07) is 4.34. The van der Waals surface area contributed by atoms with Crippen LogP contribution in [0.3, 0.4) is 0 Å². The standard InChI is InChI=1S/C23H27F3N6O5S/c1-13(27)20-19(22(33)31-9-11-32(12-10-31)38(34,35)30(2)3)29-21(37-20)15-5-7-16(36-4)18-14(15)6-8-17(28-18)23(24,25)26/h5-8,13H,9-12,27H2,1-4H3/t13-/m0/s1. The number of amides is 1. The van der Waals surface area contributed by atoms with Crippen molar-refractivity contribution in [1.29, 1.82) is 0 Å². The number of alkyl halides is 3. The van der Waals surface area contributed by atoms with Gasteiger partial charge >= 0.3 is 6.18 Å². The van der Waals surface area contributed by atoms with Crippen molar-refractivity contribution < 1.29 is 35.5 Å². The largest absolute Gasteiger partial charge is 0.494 e. The van der Waals surface area contributed by atoms with E-state index in [0.29, 0.717) is 5.56 Å². The highest BCUT2D eigenvalue weighted by Crippen LogP contribution is 2.37. The van der Waals surface area contributed by atoms with Gasteiger partial charge < -0.3 is 19.8 Å². The van der Waals surface area contributed by atoms with Crippen LogP contribution >= 0.6 is 0 Å². The van der Waals surface area contributed by atoms with Crippen LogP contribution in [0.2, 0.25) is 0 Å². The van der Waals surface area contributed by atoms with Crippen LogP contribution in [0.4, 0.5) is 13.2 Å². The van der Waals surface area contributed by atoms with Gasteiger partial charge in [0.15, 0.2) is 11.5 Å². The van der Waals surface area contributed by atoms with Gasteiger partial charge in [-0.1, -0.05) is 0 Å². The zero-order valence-corrected chi connectivity index (χ0v) is 21.9. The molecular formula is C23H27F3N6O5S. The lowest BCUT2D eigenvalue weighted by Crippen LogP contribution is -2.53. The van der Waals surface area contributed by atoms with E-state index in [0.717, 1.165) is 10.4 Å². The molecule has 206 valence electrons. The molecule has 4 rings (SSSR count). The summed E-state index contributed by atoms with van der Waals surface area (Å²) in [5.41, 5.74) is 5.16. The Morgan fingerprint density at radius 2 is 1.79 bits per heavy atom. The molecule has 1 fully saturated rings. The molecular weight excluding hydrogens is 529 g/mol. The monoisotopic (exact) mass is 556 g/mol. The Bertz CT molecular complexity index is 1460. The fraction of sp³-hybridized carbons (Fsp3) is 0.435. The molecule has 0 unspecified atom stereocenters. The number of ether oxygens (including phenoxy) is 1. The van der Waals surface area contributed by atoms with Crippen LogP contribution in [0.5, 0.6) is 5.75 Å². The van der Waals surface area contributed by atoms with Gasteiger partial charge in [0.05, 0.1) is 13.2 Å². The third-order valence-corrected chi connectivity index (χ3v) is 8.08. The van der Waals surface area contributed by atoms with Crippen LogP contribution < -0.4 is 10.5 Å². The molecule has 0 radical (unpaired) electrons. The molecule has 0 saturated carbocycles. The lowest BCUT2D eigenvalue weighted by Gasteiger charge is -2.34. The minimum Gasteiger partial charge on any atom is -0.494 e. The Morgan fingerprint density at radius 3 is 2.34 bits per heavy atom. The Hall–Kier alpha value is -3.27. The summed E-state index contributed by atoms with van der Waals surface area (Å²) in [7, 11) is 0.560. The first-order valence-electron chi connectivity index (χ1n) is 11.5. The molecule has 3 aromatic rings. The summed E-state index contributed by atoms with van der Waals surface area (Å²) in [5.74, 6) is -0.305. The van der Waals surface area contributed by atoms with Gasteiger partial charge in [0.2, 0.25) is 5.89 Å². The van der Waals surface area contributed by atoms with E-state index in [9.17, 15) is 26.4 Å². The van der Waals surface area contributed by atoms with E-state index in [4.69, 9.17) is 14.9 Å². The smallest absolute Gasteiger partial charge is 0.433 e. The van der Waals surface area contributed by atoms with Gasteiger partial charge in [-0.15, -0.1) is 0 Å². The van der Waals surface area contributed by atoms with Crippen molar-refractivity contribution in [3.63, 3.8) is 0 Å². The highest BCUT2D eigenvalue weighted by atomic mass is 32.2. The fourth-order valence-electron chi connectivity index (χ4n) is 4.11. The fourth-order valence-corrected chi connectivity index (χ4v) is 5.20. The number of hydrogen-bond donors (Lipinski definition) is 1. The van der Waals surface area contributed by atoms with Crippen LogP contribution in [0.25, 0.3) is 22.4 Å². The van der Waals surface area contributed by atoms with E-state index >= 15 is 0 Å². The summed E-state index contributed by atoms with van der Waals surface area (Å²) in [5, 5.41) is 0.274. The minimum absolute atomic E-state index is 0.0244. The van der Waals surface area contributed by atoms with Crippen LogP contribution in [0.1, 0.15) is 34.9 Å². The van der Waals surface area contributed by atoms with Crippen LogP contribution in [0, 0.1) is 0 Å². The Morgan fingerprint density at radius 1 is 1.13 bits per heavy atom. The normalized spacial score (nSPS) is 16.3. The number of pyridine rings is 1. The molecule has 0 bridgehead atoms. The van der Waals surface area contributed by atoms with Gasteiger partial charge in [0.1, 0.15) is 17.0 Å². The topological polar surface area (TPSA) is 135 Å². The van der Waals surface area contributed by atoms with Crippen molar-refractivity contribution in [2.75, 3.05) is 47.4 Å². The number of benzene rings is 1. The summed E-state index contributed by atoms with van der Waals surface area (Å²) in [4.78, 5) is 23.0. The number of fused-ring (bicyclic) bond motifs is 1. The van der Waals surface area contributed by atoms with E-state index < -0.39 is 34.0 Å². The first-order chi connectivity index (χ1) is 17.8. The van der Waals surface area contributed by atoms with E-state index in [1.54, 1.807) is 13.0 Å². The molecule has 1 aliphatic heterocycles. The van der Waals surface area contributed by atoms with Crippen molar-refractivity contribution in [3.8, 4) is 17.2 Å². The molecule has 3 heterocycles. The molecule has 1 saturated heterocycles. The van der Waals surface area contributed by atoms with Crippen molar-refractivity contribution in [2.45, 2.75) is 19.1 Å². The van der Waals surface area contributed by atoms with E-state index in [1.807, 2.05) is 0 Å². The number of halogens is 3. The maximum atomic E-state index is 13.4. The number of aromatic nitrogens is 2. The summed E-state index contributed by atoms with van der Waals surface area (Å²) in [6.45, 7) is 2.05. The van der Waals surface area contributed by atoms with Gasteiger partial charge in [-0.25, -0.2) is 9.97 Å². The summed E-state index contributed by atoms with van der Waals surface area (Å²) < 4.78 is 78.1. The van der Waals surface area contributed by atoms with Gasteiger partial charge in [0, 0.05) is 51.2 Å². The van der Waals surface area contributed by atoms with Crippen LogP contribution in [-0.2, 0) is 16.4 Å². The van der Waals surface area contributed by atoms with E-state index in [1.165, 1.54) is 42.5 Å². The zero-order valence-electron chi connectivity index (χ0n) is 21.1. The van der Waals surface area contributed by atoms with E-state index in [-0.39, 0.29) is 60.2 Å². The zero-order chi connectivity index (χ0) is 28.0. The predicted octanol–water partition coefficient (Wildman–Crippen LogP) is 2.50. The highest BCUT2D eigenvalue weighted by Gasteiger charge is 2.35. The lowest BCUT2D eigenvalue weighted by molar-refractivity contribution is -0.140.